The Morgan fingerprint density at radius 2 is 1.53 bits per heavy atom. The molecule has 1 nitrogen and oxygen atoms in total. The maximum Gasteiger partial charge on any atom is -0.00366 e. The van der Waals surface area contributed by atoms with Gasteiger partial charge in [0.25, 0.3) is 0 Å². The quantitative estimate of drug-likeness (QED) is 0.850. The third-order valence-electron chi connectivity index (χ3n) is 3.15. The van der Waals surface area contributed by atoms with Gasteiger partial charge in [0.05, 0.1) is 0 Å². The van der Waals surface area contributed by atoms with Gasteiger partial charge >= 0.3 is 0 Å². The summed E-state index contributed by atoms with van der Waals surface area (Å²) in [5.41, 5.74) is 12.2. The van der Waals surface area contributed by atoms with Crippen LogP contribution in [-0.2, 0) is 6.42 Å². The van der Waals surface area contributed by atoms with Crippen molar-refractivity contribution in [2.75, 3.05) is 6.54 Å². The summed E-state index contributed by atoms with van der Waals surface area (Å²) in [5, 5.41) is 0. The molecular weight excluding hydrogens is 206 g/mol. The Kier molecular flexibility index (Phi) is 3.60. The summed E-state index contributed by atoms with van der Waals surface area (Å²) >= 11 is 0. The third-order valence-corrected chi connectivity index (χ3v) is 3.15. The molecule has 0 aliphatic heterocycles. The van der Waals surface area contributed by atoms with Gasteiger partial charge in [0.2, 0.25) is 0 Å². The summed E-state index contributed by atoms with van der Waals surface area (Å²) in [7, 11) is 0. The highest BCUT2D eigenvalue weighted by Gasteiger charge is 2.02. The van der Waals surface area contributed by atoms with Gasteiger partial charge in [-0.3, -0.25) is 0 Å². The zero-order chi connectivity index (χ0) is 12.3. The Morgan fingerprint density at radius 1 is 0.882 bits per heavy atom. The van der Waals surface area contributed by atoms with Gasteiger partial charge < -0.3 is 5.73 Å². The molecule has 17 heavy (non-hydrogen) atoms. The van der Waals surface area contributed by atoms with Crippen LogP contribution in [0.4, 0.5) is 0 Å². The molecule has 2 aromatic rings. The molecule has 1 heteroatoms. The molecule has 0 saturated carbocycles. The van der Waals surface area contributed by atoms with Gasteiger partial charge in [-0.1, -0.05) is 48.0 Å². The Morgan fingerprint density at radius 3 is 2.18 bits per heavy atom. The molecule has 2 rings (SSSR count). The van der Waals surface area contributed by atoms with Crippen LogP contribution in [0.3, 0.4) is 0 Å². The van der Waals surface area contributed by atoms with Gasteiger partial charge in [0.1, 0.15) is 0 Å². The highest BCUT2D eigenvalue weighted by molar-refractivity contribution is 5.65. The van der Waals surface area contributed by atoms with Crippen molar-refractivity contribution in [2.24, 2.45) is 5.73 Å². The Balaban J connectivity index is 2.39. The molecule has 0 aliphatic rings. The predicted octanol–water partition coefficient (Wildman–Crippen LogP) is 3.47. The normalized spacial score (nSPS) is 10.5. The van der Waals surface area contributed by atoms with Gasteiger partial charge in [0.15, 0.2) is 0 Å². The summed E-state index contributed by atoms with van der Waals surface area (Å²) < 4.78 is 0. The second-order valence-corrected chi connectivity index (χ2v) is 4.55. The first kappa shape index (κ1) is 11.9. The molecule has 0 spiro atoms. The van der Waals surface area contributed by atoms with E-state index in [2.05, 4.69) is 56.3 Å². The van der Waals surface area contributed by atoms with E-state index in [-0.39, 0.29) is 0 Å². The second-order valence-electron chi connectivity index (χ2n) is 4.55. The minimum absolute atomic E-state index is 0.707. The molecule has 88 valence electrons. The average Bonchev–Trinajstić information content (AvgIpc) is 2.33. The van der Waals surface area contributed by atoms with Crippen LogP contribution in [0.1, 0.15) is 16.7 Å². The molecule has 0 aliphatic carbocycles. The van der Waals surface area contributed by atoms with Crippen molar-refractivity contribution in [2.45, 2.75) is 20.3 Å². The fourth-order valence-electron chi connectivity index (χ4n) is 2.02. The smallest absolute Gasteiger partial charge is 0.00366 e. The van der Waals surface area contributed by atoms with Crippen molar-refractivity contribution < 1.29 is 0 Å². The lowest BCUT2D eigenvalue weighted by Crippen LogP contribution is -2.04. The summed E-state index contributed by atoms with van der Waals surface area (Å²) in [4.78, 5) is 0. The monoisotopic (exact) mass is 225 g/mol. The first-order valence-electron chi connectivity index (χ1n) is 6.07. The van der Waals surface area contributed by atoms with Gasteiger partial charge in [-0.15, -0.1) is 0 Å². The van der Waals surface area contributed by atoms with Gasteiger partial charge in [-0.25, -0.2) is 0 Å². The van der Waals surface area contributed by atoms with Crippen molar-refractivity contribution in [3.63, 3.8) is 0 Å². The lowest BCUT2D eigenvalue weighted by atomic mass is 9.97. The van der Waals surface area contributed by atoms with E-state index in [0.29, 0.717) is 6.54 Å². The van der Waals surface area contributed by atoms with E-state index in [1.165, 1.54) is 27.8 Å². The molecule has 0 fully saturated rings. The first-order chi connectivity index (χ1) is 8.20. The number of rotatable bonds is 3. The topological polar surface area (TPSA) is 26.0 Å². The van der Waals surface area contributed by atoms with E-state index in [1.807, 2.05) is 0 Å². The van der Waals surface area contributed by atoms with Gasteiger partial charge in [-0.05, 0) is 49.1 Å². The molecule has 0 aromatic heterocycles. The molecule has 0 bridgehead atoms. The number of hydrogen-bond donors (Lipinski definition) is 1. The fourth-order valence-corrected chi connectivity index (χ4v) is 2.02. The lowest BCUT2D eigenvalue weighted by molar-refractivity contribution is 0.958. The van der Waals surface area contributed by atoms with Crippen LogP contribution >= 0.6 is 0 Å². The Bertz CT molecular complexity index is 497. The van der Waals surface area contributed by atoms with Crippen molar-refractivity contribution in [3.05, 3.63) is 59.2 Å². The average molecular weight is 225 g/mol. The maximum atomic E-state index is 5.64. The SMILES string of the molecule is Cc1ccc(-c2ccc(C)c(CCN)c2)cc1. The van der Waals surface area contributed by atoms with Gasteiger partial charge in [0, 0.05) is 0 Å². The second kappa shape index (κ2) is 5.15. The van der Waals surface area contributed by atoms with Crippen molar-refractivity contribution in [3.8, 4) is 11.1 Å². The molecule has 2 aromatic carbocycles. The standard InChI is InChI=1S/C16H19N/c1-12-3-6-14(7-4-12)16-8-5-13(2)15(11-16)9-10-17/h3-8,11H,9-10,17H2,1-2H3. The number of hydrogen-bond acceptors (Lipinski definition) is 1. The van der Waals surface area contributed by atoms with Crippen LogP contribution in [-0.4, -0.2) is 6.54 Å². The molecule has 2 N–H and O–H groups in total. The Hall–Kier alpha value is -1.60. The van der Waals surface area contributed by atoms with Crippen LogP contribution in [0.2, 0.25) is 0 Å². The molecular formula is C16H19N. The first-order valence-corrected chi connectivity index (χ1v) is 6.07. The van der Waals surface area contributed by atoms with Crippen molar-refractivity contribution in [1.82, 2.24) is 0 Å². The van der Waals surface area contributed by atoms with Crippen LogP contribution < -0.4 is 5.73 Å². The van der Waals surface area contributed by atoms with E-state index in [1.54, 1.807) is 0 Å². The van der Waals surface area contributed by atoms with E-state index in [4.69, 9.17) is 5.73 Å². The molecule has 0 atom stereocenters. The largest absolute Gasteiger partial charge is 0.330 e. The van der Waals surface area contributed by atoms with Gasteiger partial charge in [-0.2, -0.15) is 0 Å². The van der Waals surface area contributed by atoms with Crippen LogP contribution in [0.5, 0.6) is 0 Å². The molecule has 0 heterocycles. The summed E-state index contributed by atoms with van der Waals surface area (Å²) in [6, 6.07) is 15.3. The fraction of sp³-hybridized carbons (Fsp3) is 0.250. The summed E-state index contributed by atoms with van der Waals surface area (Å²) in [6.07, 6.45) is 0.950. The summed E-state index contributed by atoms with van der Waals surface area (Å²) in [6.45, 7) is 4.96. The maximum absolute atomic E-state index is 5.64. The minimum Gasteiger partial charge on any atom is -0.330 e. The van der Waals surface area contributed by atoms with Crippen LogP contribution in [0, 0.1) is 13.8 Å². The number of nitrogens with two attached hydrogens (primary N) is 1. The minimum atomic E-state index is 0.707. The van der Waals surface area contributed by atoms with E-state index in [9.17, 15) is 0 Å². The number of benzene rings is 2. The molecule has 0 saturated heterocycles. The molecule has 0 unspecified atom stereocenters. The predicted molar refractivity (Wildman–Crippen MR) is 74.1 cm³/mol. The summed E-state index contributed by atoms with van der Waals surface area (Å²) in [5.74, 6) is 0. The highest BCUT2D eigenvalue weighted by Crippen LogP contribution is 2.23. The third kappa shape index (κ3) is 2.75. The van der Waals surface area contributed by atoms with E-state index >= 15 is 0 Å². The van der Waals surface area contributed by atoms with Crippen LogP contribution in [0.25, 0.3) is 11.1 Å². The molecule has 0 radical (unpaired) electrons. The zero-order valence-corrected chi connectivity index (χ0v) is 10.5. The molecule has 0 amide bonds. The van der Waals surface area contributed by atoms with E-state index < -0.39 is 0 Å². The lowest BCUT2D eigenvalue weighted by Gasteiger charge is -2.08. The van der Waals surface area contributed by atoms with Crippen LogP contribution in [0.15, 0.2) is 42.5 Å². The van der Waals surface area contributed by atoms with Crippen molar-refractivity contribution in [1.29, 1.82) is 0 Å². The number of aryl methyl sites for hydroxylation is 2. The highest BCUT2D eigenvalue weighted by atomic mass is 14.5. The zero-order valence-electron chi connectivity index (χ0n) is 10.5. The van der Waals surface area contributed by atoms with Crippen molar-refractivity contribution >= 4 is 0 Å². The van der Waals surface area contributed by atoms with E-state index in [0.717, 1.165) is 6.42 Å². The Labute approximate surface area is 103 Å².